The van der Waals surface area contributed by atoms with E-state index in [0.29, 0.717) is 30.6 Å². The summed E-state index contributed by atoms with van der Waals surface area (Å²) in [4.78, 5) is 37.7. The van der Waals surface area contributed by atoms with E-state index in [1.807, 2.05) is 30.3 Å². The van der Waals surface area contributed by atoms with Gasteiger partial charge in [-0.25, -0.2) is 13.2 Å². The molecule has 0 aromatic heterocycles. The van der Waals surface area contributed by atoms with Gasteiger partial charge in [0, 0.05) is 12.1 Å². The van der Waals surface area contributed by atoms with E-state index >= 15 is 0 Å². The number of rotatable bonds is 9. The summed E-state index contributed by atoms with van der Waals surface area (Å²) >= 11 is 0. The Morgan fingerprint density at radius 2 is 1.79 bits per heavy atom. The Labute approximate surface area is 200 Å². The maximum Gasteiger partial charge on any atom is 0.329 e. The van der Waals surface area contributed by atoms with Crippen LogP contribution in [0, 0.1) is 5.92 Å². The topological polar surface area (TPSA) is 110 Å². The van der Waals surface area contributed by atoms with Crippen LogP contribution in [0.3, 0.4) is 0 Å². The number of esters is 1. The smallest absolute Gasteiger partial charge is 0.329 e. The number of Topliss-reactive ketones (excluding diaryl/α,β-unsaturated/α-hetero) is 1. The number of fused-ring (bicyclic) bond motifs is 1. The number of ketones is 1. The van der Waals surface area contributed by atoms with Crippen molar-refractivity contribution in [3.05, 3.63) is 65.2 Å². The second kappa shape index (κ2) is 10.8. The van der Waals surface area contributed by atoms with Crippen LogP contribution in [0.1, 0.15) is 41.8 Å². The van der Waals surface area contributed by atoms with E-state index < -0.39 is 34.4 Å². The molecule has 0 fully saturated rings. The first-order valence-corrected chi connectivity index (χ1v) is 13.0. The predicted octanol–water partition coefficient (Wildman–Crippen LogP) is 2.51. The molecule has 0 unspecified atom stereocenters. The Morgan fingerprint density at radius 3 is 2.44 bits per heavy atom. The highest BCUT2D eigenvalue weighted by Crippen LogP contribution is 2.30. The van der Waals surface area contributed by atoms with Crippen LogP contribution in [-0.2, 0) is 37.2 Å². The van der Waals surface area contributed by atoms with E-state index in [2.05, 4.69) is 5.32 Å². The summed E-state index contributed by atoms with van der Waals surface area (Å²) in [7, 11) is -3.40. The van der Waals surface area contributed by atoms with E-state index in [4.69, 9.17) is 4.74 Å². The van der Waals surface area contributed by atoms with Crippen LogP contribution in [-0.4, -0.2) is 51.5 Å². The first-order chi connectivity index (χ1) is 16.1. The van der Waals surface area contributed by atoms with Gasteiger partial charge in [-0.2, -0.15) is 0 Å². The predicted molar refractivity (Wildman–Crippen MR) is 129 cm³/mol. The van der Waals surface area contributed by atoms with Crippen molar-refractivity contribution in [1.82, 2.24) is 5.32 Å². The monoisotopic (exact) mass is 486 g/mol. The SMILES string of the molecule is CC(C)[C@H](NC(=O)Cc1ccccc1)C(=O)OCC(=O)c1ccc2c(c1)CCCN2S(C)(=O)=O. The Bertz CT molecular complexity index is 1160. The average molecular weight is 487 g/mol. The summed E-state index contributed by atoms with van der Waals surface area (Å²) in [6, 6.07) is 13.1. The minimum atomic E-state index is -3.40. The molecule has 182 valence electrons. The molecule has 2 aromatic rings. The van der Waals surface area contributed by atoms with Crippen molar-refractivity contribution in [3.8, 4) is 0 Å². The van der Waals surface area contributed by atoms with Gasteiger partial charge in [0.15, 0.2) is 12.4 Å². The Hall–Kier alpha value is -3.20. The van der Waals surface area contributed by atoms with Crippen molar-refractivity contribution in [3.63, 3.8) is 0 Å². The third-order valence-corrected chi connectivity index (χ3v) is 6.85. The summed E-state index contributed by atoms with van der Waals surface area (Å²) in [6.07, 6.45) is 2.61. The van der Waals surface area contributed by atoms with Gasteiger partial charge >= 0.3 is 5.97 Å². The number of carbonyl (C=O) groups is 3. The molecule has 0 bridgehead atoms. The fourth-order valence-corrected chi connectivity index (χ4v) is 4.89. The number of aryl methyl sites for hydroxylation is 1. The molecule has 1 aliphatic heterocycles. The van der Waals surface area contributed by atoms with Crippen LogP contribution in [0.2, 0.25) is 0 Å². The Balaban J connectivity index is 1.61. The van der Waals surface area contributed by atoms with Crippen LogP contribution in [0.5, 0.6) is 0 Å². The van der Waals surface area contributed by atoms with E-state index in [1.165, 1.54) is 4.31 Å². The van der Waals surface area contributed by atoms with Gasteiger partial charge in [-0.05, 0) is 48.1 Å². The van der Waals surface area contributed by atoms with Crippen LogP contribution >= 0.6 is 0 Å². The maximum absolute atomic E-state index is 12.7. The van der Waals surface area contributed by atoms with E-state index in [1.54, 1.807) is 32.0 Å². The van der Waals surface area contributed by atoms with Gasteiger partial charge in [0.25, 0.3) is 0 Å². The third-order valence-electron chi connectivity index (χ3n) is 5.67. The number of nitrogens with one attached hydrogen (secondary N) is 1. The van der Waals surface area contributed by atoms with Crippen molar-refractivity contribution in [2.24, 2.45) is 5.92 Å². The normalized spacial score (nSPS) is 14.3. The highest BCUT2D eigenvalue weighted by molar-refractivity contribution is 7.92. The van der Waals surface area contributed by atoms with Crippen molar-refractivity contribution in [2.75, 3.05) is 23.7 Å². The van der Waals surface area contributed by atoms with Crippen LogP contribution in [0.25, 0.3) is 0 Å². The molecule has 0 radical (unpaired) electrons. The molecule has 0 aliphatic carbocycles. The number of hydrogen-bond donors (Lipinski definition) is 1. The molecule has 0 saturated heterocycles. The zero-order valence-corrected chi connectivity index (χ0v) is 20.4. The zero-order chi connectivity index (χ0) is 24.9. The van der Waals surface area contributed by atoms with Gasteiger partial charge in [0.2, 0.25) is 15.9 Å². The lowest BCUT2D eigenvalue weighted by Crippen LogP contribution is -2.46. The summed E-state index contributed by atoms with van der Waals surface area (Å²) in [5, 5.41) is 2.70. The molecule has 3 rings (SSSR count). The quantitative estimate of drug-likeness (QED) is 0.431. The fourth-order valence-electron chi connectivity index (χ4n) is 3.89. The number of hydrogen-bond acceptors (Lipinski definition) is 6. The van der Waals surface area contributed by atoms with Crippen LogP contribution < -0.4 is 9.62 Å². The molecule has 1 N–H and O–H groups in total. The number of ether oxygens (including phenoxy) is 1. The largest absolute Gasteiger partial charge is 0.456 e. The average Bonchev–Trinajstić information content (AvgIpc) is 2.79. The summed E-state index contributed by atoms with van der Waals surface area (Å²) in [5.41, 5.74) is 2.51. The highest BCUT2D eigenvalue weighted by Gasteiger charge is 2.28. The first kappa shape index (κ1) is 25.4. The van der Waals surface area contributed by atoms with E-state index in [0.717, 1.165) is 17.4 Å². The molecule has 8 nitrogen and oxygen atoms in total. The molecule has 1 aliphatic rings. The third kappa shape index (κ3) is 6.44. The van der Waals surface area contributed by atoms with Gasteiger partial charge in [-0.3, -0.25) is 13.9 Å². The Kier molecular flexibility index (Phi) is 8.09. The molecule has 0 spiro atoms. The molecule has 2 aromatic carbocycles. The van der Waals surface area contributed by atoms with Crippen molar-refractivity contribution >= 4 is 33.4 Å². The molecule has 1 amide bonds. The summed E-state index contributed by atoms with van der Waals surface area (Å²) < 4.78 is 30.6. The Morgan fingerprint density at radius 1 is 1.09 bits per heavy atom. The van der Waals surface area contributed by atoms with Gasteiger partial charge in [-0.15, -0.1) is 0 Å². The lowest BCUT2D eigenvalue weighted by Gasteiger charge is -2.29. The summed E-state index contributed by atoms with van der Waals surface area (Å²) in [5.74, 6) is -1.61. The highest BCUT2D eigenvalue weighted by atomic mass is 32.2. The second-order valence-electron chi connectivity index (χ2n) is 8.76. The molecule has 34 heavy (non-hydrogen) atoms. The van der Waals surface area contributed by atoms with Gasteiger partial charge in [0.05, 0.1) is 18.4 Å². The fraction of sp³-hybridized carbons (Fsp3) is 0.400. The molecule has 1 heterocycles. The van der Waals surface area contributed by atoms with Crippen molar-refractivity contribution in [2.45, 2.75) is 39.2 Å². The minimum absolute atomic E-state index is 0.135. The number of nitrogens with zero attached hydrogens (tertiary/aromatic N) is 1. The number of sulfonamides is 1. The van der Waals surface area contributed by atoms with Gasteiger partial charge < -0.3 is 10.1 Å². The first-order valence-electron chi connectivity index (χ1n) is 11.2. The van der Waals surface area contributed by atoms with Crippen molar-refractivity contribution < 1.29 is 27.5 Å². The lowest BCUT2D eigenvalue weighted by atomic mass is 9.99. The number of benzene rings is 2. The molecule has 9 heteroatoms. The molecular weight excluding hydrogens is 456 g/mol. The minimum Gasteiger partial charge on any atom is -0.456 e. The van der Waals surface area contributed by atoms with Gasteiger partial charge in [-0.1, -0.05) is 44.2 Å². The van der Waals surface area contributed by atoms with E-state index in [9.17, 15) is 22.8 Å². The number of amides is 1. The van der Waals surface area contributed by atoms with Crippen LogP contribution in [0.15, 0.2) is 48.5 Å². The van der Waals surface area contributed by atoms with Crippen LogP contribution in [0.4, 0.5) is 5.69 Å². The van der Waals surface area contributed by atoms with E-state index in [-0.39, 0.29) is 18.2 Å². The molecular formula is C25H30N2O6S. The van der Waals surface area contributed by atoms with Gasteiger partial charge in [0.1, 0.15) is 6.04 Å². The molecule has 0 saturated carbocycles. The number of carbonyl (C=O) groups excluding carboxylic acids is 3. The zero-order valence-electron chi connectivity index (χ0n) is 19.6. The maximum atomic E-state index is 12.7. The number of anilines is 1. The second-order valence-corrected chi connectivity index (χ2v) is 10.7. The van der Waals surface area contributed by atoms with Crippen molar-refractivity contribution in [1.29, 1.82) is 0 Å². The molecule has 1 atom stereocenters. The summed E-state index contributed by atoms with van der Waals surface area (Å²) in [6.45, 7) is 3.51. The standard InChI is InChI=1S/C25H30N2O6S/c1-17(2)24(26-23(29)14-18-8-5-4-6-9-18)25(30)33-16-22(28)20-11-12-21-19(15-20)10-7-13-27(21)34(3,31)32/h4-6,8-9,11-12,15,17,24H,7,10,13-14,16H2,1-3H3,(H,26,29)/t24-/m0/s1. The lowest BCUT2D eigenvalue weighted by molar-refractivity contribution is -0.148.